The van der Waals surface area contributed by atoms with E-state index in [-0.39, 0.29) is 62.5 Å². The van der Waals surface area contributed by atoms with Gasteiger partial charge in [0.15, 0.2) is 0 Å². The summed E-state index contributed by atoms with van der Waals surface area (Å²) >= 11 is 9.31. The molecule has 0 unspecified atom stereocenters. The van der Waals surface area contributed by atoms with E-state index in [9.17, 15) is 32.2 Å². The van der Waals surface area contributed by atoms with Crippen molar-refractivity contribution in [2.24, 2.45) is 0 Å². The molecule has 0 atom stereocenters. The Morgan fingerprint density at radius 2 is 0.937 bits per heavy atom. The van der Waals surface area contributed by atoms with Crippen molar-refractivity contribution in [3.05, 3.63) is 95.3 Å². The van der Waals surface area contributed by atoms with Crippen LogP contribution < -0.4 is 14.2 Å². The third-order valence-electron chi connectivity index (χ3n) is 9.41. The molecule has 3 N–H and O–H groups in total. The number of benzene rings is 4. The van der Waals surface area contributed by atoms with E-state index in [2.05, 4.69) is 67.9 Å². The maximum Gasteiger partial charge on any atom is 0.369 e. The molecule has 16 nitrogen and oxygen atoms in total. The third kappa shape index (κ3) is 11.6. The minimum atomic E-state index is -4.04. The van der Waals surface area contributed by atoms with Gasteiger partial charge in [-0.1, -0.05) is 64.1 Å². The number of rotatable bonds is 9. The molecule has 0 radical (unpaired) electrons. The van der Waals surface area contributed by atoms with E-state index in [1.165, 1.54) is 74.0 Å². The molecule has 2 aromatic heterocycles. The lowest BCUT2D eigenvalue weighted by molar-refractivity contribution is 0.400. The summed E-state index contributed by atoms with van der Waals surface area (Å²) in [5, 5.41) is 46.1. The summed E-state index contributed by atoms with van der Waals surface area (Å²) in [6.45, 7) is 14.7. The first-order valence-electron chi connectivity index (χ1n) is 18.7. The Labute approximate surface area is 392 Å². The van der Waals surface area contributed by atoms with Gasteiger partial charge in [-0.3, -0.25) is 0 Å². The molecule has 338 valence electrons. The Hall–Kier alpha value is -4.64. The van der Waals surface area contributed by atoms with Gasteiger partial charge in [0.05, 0.1) is 42.5 Å². The lowest BCUT2D eigenvalue weighted by atomic mass is 9.86. The van der Waals surface area contributed by atoms with Crippen LogP contribution >= 0.6 is 47.3 Å². The Kier molecular flexibility index (Phi) is 16.2. The maximum atomic E-state index is 13.2. The highest BCUT2D eigenvalue weighted by Crippen LogP contribution is 2.37. The van der Waals surface area contributed by atoms with Gasteiger partial charge in [0.2, 0.25) is 29.7 Å². The van der Waals surface area contributed by atoms with E-state index in [1.807, 2.05) is 41.5 Å². The van der Waals surface area contributed by atoms with Crippen molar-refractivity contribution in [1.82, 2.24) is 30.0 Å². The van der Waals surface area contributed by atoms with Crippen LogP contribution in [0.15, 0.2) is 92.6 Å². The van der Waals surface area contributed by atoms with Gasteiger partial charge in [0.1, 0.15) is 45.9 Å². The molecular formula is C41H48BBr3N6O10S2. The van der Waals surface area contributed by atoms with Crippen molar-refractivity contribution < 1.29 is 46.4 Å². The monoisotopic (exact) mass is 1100 g/mol. The van der Waals surface area contributed by atoms with E-state index in [4.69, 9.17) is 14.2 Å². The summed E-state index contributed by atoms with van der Waals surface area (Å²) in [6, 6.07) is 18.2. The quantitative estimate of drug-likeness (QED) is 0.115. The third-order valence-corrected chi connectivity index (χ3v) is 12.9. The van der Waals surface area contributed by atoms with Crippen LogP contribution in [0.25, 0.3) is 11.4 Å². The summed E-state index contributed by atoms with van der Waals surface area (Å²) in [7, 11) is -3.52. The van der Waals surface area contributed by atoms with Crippen molar-refractivity contribution in [1.29, 1.82) is 0 Å². The van der Waals surface area contributed by atoms with Gasteiger partial charge in [-0.25, -0.2) is 26.2 Å². The van der Waals surface area contributed by atoms with Crippen LogP contribution in [0.4, 0.5) is 0 Å². The van der Waals surface area contributed by atoms with Crippen LogP contribution in [0.1, 0.15) is 64.1 Å². The van der Waals surface area contributed by atoms with Crippen molar-refractivity contribution >= 4 is 70.1 Å². The number of hydrogen-bond acceptors (Lipinski definition) is 14. The van der Waals surface area contributed by atoms with Gasteiger partial charge in [0, 0.05) is 12.1 Å². The number of aromatic nitrogens is 6. The fourth-order valence-corrected chi connectivity index (χ4v) is 8.91. The summed E-state index contributed by atoms with van der Waals surface area (Å²) in [6.07, 6.45) is 0. The van der Waals surface area contributed by atoms with Crippen LogP contribution in [0.5, 0.6) is 34.5 Å². The van der Waals surface area contributed by atoms with Gasteiger partial charge in [-0.15, -0.1) is 57.5 Å². The highest BCUT2D eigenvalue weighted by atomic mass is 79.9. The van der Waals surface area contributed by atoms with Crippen molar-refractivity contribution in [3.63, 3.8) is 0 Å². The maximum absolute atomic E-state index is 13.2. The molecule has 22 heteroatoms. The van der Waals surface area contributed by atoms with Gasteiger partial charge >= 0.3 is 3.18 Å². The van der Waals surface area contributed by atoms with E-state index in [1.54, 1.807) is 43.3 Å². The minimum absolute atomic E-state index is 0.0549. The molecule has 0 saturated carbocycles. The second kappa shape index (κ2) is 20.0. The summed E-state index contributed by atoms with van der Waals surface area (Å²) < 4.78 is 71.3. The topological polar surface area (TPSA) is 218 Å². The fraction of sp³-hybridized carbons (Fsp3) is 0.317. The fourth-order valence-electron chi connectivity index (χ4n) is 6.20. The molecule has 4 aromatic carbocycles. The number of hydrogen-bond donors (Lipinski definition) is 3. The average Bonchev–Trinajstić information content (AvgIpc) is 3.79. The van der Waals surface area contributed by atoms with E-state index >= 15 is 0 Å². The largest absolute Gasteiger partial charge is 0.508 e. The molecule has 0 aliphatic heterocycles. The van der Waals surface area contributed by atoms with Crippen molar-refractivity contribution in [2.75, 3.05) is 21.3 Å². The molecule has 0 fully saturated rings. The van der Waals surface area contributed by atoms with Gasteiger partial charge in [0.25, 0.3) is 0 Å². The predicted molar refractivity (Wildman–Crippen MR) is 251 cm³/mol. The average molecular weight is 1100 g/mol. The number of phenols is 3. The molecular weight excluding hydrogens is 1050 g/mol. The minimum Gasteiger partial charge on any atom is -0.508 e. The Bertz CT molecular complexity index is 2820. The SMILES string of the molecule is BrB(Br)Br.COc1ccc(O)c(-n2nnc(S(=O)(=O)c3ccc(C(C)(C)C)c(O)c3)c2C)c1.COc1ccc(OC)c(-n2nnc(S(=O)(=O)c3ccc(C(C)(C)C)c(O)c3)c2C)c1. The smallest absolute Gasteiger partial charge is 0.369 e. The number of nitrogens with zero attached hydrogens (tertiary/aromatic N) is 6. The number of aromatic hydroxyl groups is 3. The Morgan fingerprint density at radius 1 is 0.556 bits per heavy atom. The van der Waals surface area contributed by atoms with E-state index in [0.29, 0.717) is 39.8 Å². The molecule has 63 heavy (non-hydrogen) atoms. The molecule has 0 aliphatic rings. The first-order chi connectivity index (χ1) is 29.2. The van der Waals surface area contributed by atoms with E-state index in [0.717, 1.165) is 0 Å². The molecule has 0 spiro atoms. The zero-order valence-corrected chi connectivity index (χ0v) is 42.7. The van der Waals surface area contributed by atoms with Crippen molar-refractivity contribution in [3.8, 4) is 45.9 Å². The van der Waals surface area contributed by atoms with Crippen LogP contribution in [0, 0.1) is 13.8 Å². The number of phenolic OH excluding ortho intramolecular Hbond substituents is 3. The van der Waals surface area contributed by atoms with Gasteiger partial charge in [-0.2, -0.15) is 0 Å². The summed E-state index contributed by atoms with van der Waals surface area (Å²) in [5.41, 5.74) is 1.88. The summed E-state index contributed by atoms with van der Waals surface area (Å²) in [4.78, 5) is -0.145. The molecule has 6 rings (SSSR count). The molecule has 0 saturated heterocycles. The number of ether oxygens (including phenoxy) is 3. The van der Waals surface area contributed by atoms with Crippen LogP contribution in [0.3, 0.4) is 0 Å². The first kappa shape index (κ1) is 51.0. The zero-order chi connectivity index (χ0) is 47.4. The molecule has 0 amide bonds. The predicted octanol–water partition coefficient (Wildman–Crippen LogP) is 8.71. The molecule has 0 aliphatic carbocycles. The highest BCUT2D eigenvalue weighted by molar-refractivity contribution is 9.69. The van der Waals surface area contributed by atoms with Gasteiger partial charge < -0.3 is 29.5 Å². The van der Waals surface area contributed by atoms with Crippen LogP contribution in [-0.2, 0) is 30.5 Å². The number of methoxy groups -OCH3 is 3. The van der Waals surface area contributed by atoms with Crippen molar-refractivity contribution in [2.45, 2.75) is 86.1 Å². The second-order valence-corrected chi connectivity index (χ2v) is 26.0. The van der Waals surface area contributed by atoms with Gasteiger partial charge in [-0.05, 0) is 84.3 Å². The molecule has 2 heterocycles. The standard InChI is InChI=1S/C21H25N3O5S.C20H23N3O5S.BBr3/c1-13-20(22-23-24(13)17-11-14(28-5)7-10-19(17)29-6)30(26,27)15-8-9-16(18(25)12-15)21(2,3)4;1-12-19(21-22-23(12)16-10-13(28-5)6-9-17(16)24)29(26,27)14-7-8-15(18(25)11-14)20(2,3)4;2-1(3)4/h7-12,25H,1-6H3;6-11,24-25H,1-5H3;. The Morgan fingerprint density at radius 3 is 1.30 bits per heavy atom. The Balaban J connectivity index is 0.000000255. The number of halogens is 3. The molecule has 0 bridgehead atoms. The zero-order valence-electron chi connectivity index (χ0n) is 36.3. The van der Waals surface area contributed by atoms with Crippen LogP contribution in [-0.4, -0.2) is 86.7 Å². The lowest BCUT2D eigenvalue weighted by Gasteiger charge is -2.20. The molecule has 6 aromatic rings. The van der Waals surface area contributed by atoms with Crippen LogP contribution in [0.2, 0.25) is 0 Å². The normalized spacial score (nSPS) is 11.8. The first-order valence-corrected chi connectivity index (χ1v) is 24.5. The highest BCUT2D eigenvalue weighted by Gasteiger charge is 2.30. The summed E-state index contributed by atoms with van der Waals surface area (Å²) in [5.74, 6) is 1.24. The number of sulfone groups is 2. The second-order valence-electron chi connectivity index (χ2n) is 15.8. The van der Waals surface area contributed by atoms with E-state index < -0.39 is 19.7 Å². The lowest BCUT2D eigenvalue weighted by Crippen LogP contribution is -2.12.